The van der Waals surface area contributed by atoms with Crippen LogP contribution in [0.1, 0.15) is 57.3 Å². The number of aromatic nitrogens is 1. The number of rotatable bonds is 11. The van der Waals surface area contributed by atoms with Gasteiger partial charge in [0.05, 0.1) is 54.0 Å². The van der Waals surface area contributed by atoms with Crippen LogP contribution in [0.5, 0.6) is 11.5 Å². The number of thiazole rings is 1. The van der Waals surface area contributed by atoms with Crippen LogP contribution in [0, 0.1) is 29.6 Å². The quantitative estimate of drug-likeness (QED) is 0.146. The van der Waals surface area contributed by atoms with Crippen molar-refractivity contribution < 1.29 is 42.9 Å². The molecule has 0 spiro atoms. The van der Waals surface area contributed by atoms with Crippen LogP contribution in [0.4, 0.5) is 11.4 Å². The molecule has 4 aromatic rings. The highest BCUT2D eigenvalue weighted by molar-refractivity contribution is 8.00. The van der Waals surface area contributed by atoms with E-state index in [0.717, 1.165) is 33.2 Å². The highest BCUT2D eigenvalue weighted by Crippen LogP contribution is 2.68. The van der Waals surface area contributed by atoms with E-state index in [1.54, 1.807) is 80.2 Å². The molecule has 2 bridgehead atoms. The maximum absolute atomic E-state index is 14.2. The molecule has 2 aliphatic carbocycles. The number of ether oxygens (including phenoxy) is 4. The first-order valence-electron chi connectivity index (χ1n) is 18.0. The smallest absolute Gasteiger partial charge is 0.338 e. The number of H-pyrrole nitrogens is 1. The molecule has 7 atom stereocenters. The second-order valence-corrected chi connectivity index (χ2v) is 16.0. The molecule has 3 fully saturated rings. The average Bonchev–Trinajstić information content (AvgIpc) is 3.93. The van der Waals surface area contributed by atoms with Gasteiger partial charge in [0.15, 0.2) is 18.1 Å². The second kappa shape index (κ2) is 14.7. The molecule has 2 saturated carbocycles. The molecule has 284 valence electrons. The van der Waals surface area contributed by atoms with Crippen molar-refractivity contribution >= 4 is 64.1 Å². The third-order valence-corrected chi connectivity index (χ3v) is 13.5. The second-order valence-electron chi connectivity index (χ2n) is 13.8. The number of fused-ring (bicyclic) bond motifs is 9. The summed E-state index contributed by atoms with van der Waals surface area (Å²) < 4.78 is 21.7. The Bertz CT molecular complexity index is 2250. The number of anilines is 2. The number of thioether (sulfide) groups is 1. The zero-order valence-electron chi connectivity index (χ0n) is 30.1. The summed E-state index contributed by atoms with van der Waals surface area (Å²) in [7, 11) is 1.51. The molecule has 15 heteroatoms. The summed E-state index contributed by atoms with van der Waals surface area (Å²) in [5, 5.41) is 3.51. The van der Waals surface area contributed by atoms with Gasteiger partial charge >= 0.3 is 16.8 Å². The standard InChI is InChI=1S/C40H37N3O10S2/c1-4-51-38(47)19-6-11-22(12-7-19)41-28(44)18-53-26-15-10-21(16-27(26)50-3)29-30-24-17-25(33(30)54-35-34(29)55-40(49)42-35)32-31(24)36(45)43(37(32)46)23-13-8-20(9-14-23)39(48)52-5-2/h6-16,24-25,29-33H,4-5,17-18H2,1-3H3,(H,41,44)(H,42,49)/t24-,25-,29+,30-,31+,32+,33-/m1/s1. The van der Waals surface area contributed by atoms with Crippen LogP contribution in [0.25, 0.3) is 0 Å². The Labute approximate surface area is 323 Å². The third kappa shape index (κ3) is 6.38. The summed E-state index contributed by atoms with van der Waals surface area (Å²) in [4.78, 5) is 83.0. The first-order valence-corrected chi connectivity index (χ1v) is 19.7. The molecule has 2 N–H and O–H groups in total. The van der Waals surface area contributed by atoms with Crippen molar-refractivity contribution in [2.24, 2.45) is 29.6 Å². The molecule has 1 saturated heterocycles. The predicted octanol–water partition coefficient (Wildman–Crippen LogP) is 5.49. The molecular weight excluding hydrogens is 747 g/mol. The molecular formula is C40H37N3O10S2. The van der Waals surface area contributed by atoms with Gasteiger partial charge in [-0.25, -0.2) is 9.59 Å². The lowest BCUT2D eigenvalue weighted by molar-refractivity contribution is -0.123. The average molecular weight is 784 g/mol. The van der Waals surface area contributed by atoms with Gasteiger partial charge in [-0.3, -0.25) is 24.1 Å². The van der Waals surface area contributed by atoms with E-state index in [1.165, 1.54) is 12.0 Å². The fraction of sp³-hybridized carbons (Fsp3) is 0.350. The van der Waals surface area contributed by atoms with Crippen molar-refractivity contribution in [2.75, 3.05) is 37.1 Å². The minimum atomic E-state index is -0.506. The van der Waals surface area contributed by atoms with E-state index >= 15 is 0 Å². The number of carbonyl (C=O) groups is 5. The highest BCUT2D eigenvalue weighted by atomic mass is 32.2. The van der Waals surface area contributed by atoms with Crippen molar-refractivity contribution in [1.29, 1.82) is 0 Å². The monoisotopic (exact) mass is 783 g/mol. The maximum Gasteiger partial charge on any atom is 0.338 e. The first-order chi connectivity index (χ1) is 26.6. The summed E-state index contributed by atoms with van der Waals surface area (Å²) in [6.45, 7) is 3.64. The minimum absolute atomic E-state index is 0.0196. The molecule has 8 rings (SSSR count). The molecule has 55 heavy (non-hydrogen) atoms. The van der Waals surface area contributed by atoms with Gasteiger partial charge in [0.2, 0.25) is 11.8 Å². The molecule has 2 aliphatic heterocycles. The normalized spacial score (nSPS) is 24.5. The first kappa shape index (κ1) is 36.6. The number of hydrogen-bond acceptors (Lipinski definition) is 12. The van der Waals surface area contributed by atoms with Crippen LogP contribution >= 0.6 is 23.1 Å². The third-order valence-electron chi connectivity index (χ3n) is 10.9. The van der Waals surface area contributed by atoms with Gasteiger partial charge in [-0.2, -0.15) is 0 Å². The molecule has 4 aliphatic rings. The number of aromatic amines is 1. The predicted molar refractivity (Wildman–Crippen MR) is 203 cm³/mol. The number of benzene rings is 3. The van der Waals surface area contributed by atoms with E-state index in [-0.39, 0.29) is 65.4 Å². The molecule has 13 nitrogen and oxygen atoms in total. The van der Waals surface area contributed by atoms with Crippen LogP contribution in [-0.4, -0.2) is 66.8 Å². The van der Waals surface area contributed by atoms with Gasteiger partial charge < -0.3 is 29.2 Å². The van der Waals surface area contributed by atoms with Crippen LogP contribution in [0.3, 0.4) is 0 Å². The number of imide groups is 1. The summed E-state index contributed by atoms with van der Waals surface area (Å²) in [6, 6.07) is 18.2. The topological polar surface area (TPSA) is 170 Å². The number of carbonyl (C=O) groups excluding carboxylic acids is 5. The maximum atomic E-state index is 14.2. The Morgan fingerprint density at radius 3 is 2.11 bits per heavy atom. The summed E-state index contributed by atoms with van der Waals surface area (Å²) in [5.74, 6) is -2.54. The summed E-state index contributed by atoms with van der Waals surface area (Å²) in [5.41, 5.74) is 2.49. The fourth-order valence-electron chi connectivity index (χ4n) is 8.85. The van der Waals surface area contributed by atoms with Gasteiger partial charge in [-0.05, 0) is 104 Å². The number of amides is 3. The minimum Gasteiger partial charge on any atom is -0.493 e. The van der Waals surface area contributed by atoms with Gasteiger partial charge in [-0.15, -0.1) is 11.8 Å². The van der Waals surface area contributed by atoms with E-state index in [9.17, 15) is 28.8 Å². The van der Waals surface area contributed by atoms with Crippen LogP contribution in [0.15, 0.2) is 76.6 Å². The molecule has 1 aromatic heterocycles. The van der Waals surface area contributed by atoms with Crippen molar-refractivity contribution in [3.63, 3.8) is 0 Å². The van der Waals surface area contributed by atoms with E-state index < -0.39 is 29.7 Å². The molecule has 3 amide bonds. The Hall–Kier alpha value is -5.41. The number of hydrogen-bond donors (Lipinski definition) is 2. The Kier molecular flexibility index (Phi) is 9.76. The van der Waals surface area contributed by atoms with E-state index in [4.69, 9.17) is 18.9 Å². The summed E-state index contributed by atoms with van der Waals surface area (Å²) in [6.07, 6.45) is 0.722. The van der Waals surface area contributed by atoms with E-state index in [1.807, 2.05) is 12.1 Å². The van der Waals surface area contributed by atoms with Gasteiger partial charge in [0.1, 0.15) is 0 Å². The molecule has 0 radical (unpaired) electrons. The SMILES string of the molecule is CCOC(=O)c1ccc(NC(=O)COc2ccc([C@@H]3c4sc(=O)[nH]c4S[C@@H]4[C@@H]5C[C@@H]([C@@H]6C(=O)N(c7ccc(C(=O)OCC)cc7)C(=O)[C@@H]56)[C@H]34)cc2OC)cc1. The molecule has 0 unspecified atom stereocenters. The van der Waals surface area contributed by atoms with E-state index in [2.05, 4.69) is 10.3 Å². The Morgan fingerprint density at radius 1 is 0.836 bits per heavy atom. The zero-order chi connectivity index (χ0) is 38.5. The molecule has 3 heterocycles. The summed E-state index contributed by atoms with van der Waals surface area (Å²) >= 11 is 2.75. The van der Waals surface area contributed by atoms with Gasteiger partial charge in [0.25, 0.3) is 5.91 Å². The Balaban J connectivity index is 1.02. The lowest BCUT2D eigenvalue weighted by Crippen LogP contribution is -2.42. The van der Waals surface area contributed by atoms with Crippen LogP contribution in [0.2, 0.25) is 0 Å². The fourth-order valence-corrected chi connectivity index (χ4v) is 11.7. The van der Waals surface area contributed by atoms with Crippen LogP contribution in [-0.2, 0) is 23.9 Å². The van der Waals surface area contributed by atoms with Crippen molar-refractivity contribution in [1.82, 2.24) is 4.98 Å². The van der Waals surface area contributed by atoms with Crippen molar-refractivity contribution in [3.05, 3.63) is 98.0 Å². The number of methoxy groups -OCH3 is 1. The van der Waals surface area contributed by atoms with Gasteiger partial charge in [0, 0.05) is 21.7 Å². The largest absolute Gasteiger partial charge is 0.493 e. The van der Waals surface area contributed by atoms with Crippen LogP contribution < -0.4 is 24.6 Å². The zero-order valence-corrected chi connectivity index (χ0v) is 31.7. The van der Waals surface area contributed by atoms with Gasteiger partial charge in [-0.1, -0.05) is 17.4 Å². The number of nitrogens with one attached hydrogen (secondary N) is 2. The highest BCUT2D eigenvalue weighted by Gasteiger charge is 2.69. The van der Waals surface area contributed by atoms with Crippen molar-refractivity contribution in [3.8, 4) is 11.5 Å². The lowest BCUT2D eigenvalue weighted by atomic mass is 9.68. The van der Waals surface area contributed by atoms with Crippen molar-refractivity contribution in [2.45, 2.75) is 36.5 Å². The lowest BCUT2D eigenvalue weighted by Gasteiger charge is -2.43. The van der Waals surface area contributed by atoms with E-state index in [0.29, 0.717) is 34.0 Å². The number of esters is 2. The molecule has 3 aromatic carbocycles. The Morgan fingerprint density at radius 2 is 1.47 bits per heavy atom. The number of nitrogens with zero attached hydrogens (tertiary/aromatic N) is 1.